The van der Waals surface area contributed by atoms with Crippen LogP contribution in [0.15, 0.2) is 186 Å². The first-order valence-corrected chi connectivity index (χ1v) is 18.5. The molecule has 1 heterocycles. The van der Waals surface area contributed by atoms with E-state index in [1.165, 1.54) is 22.3 Å². The molecule has 1 aliphatic heterocycles. The molecule has 0 unspecified atom stereocenters. The molecule has 3 heteroatoms. The molecular formula is C51H45N3. The van der Waals surface area contributed by atoms with Crippen LogP contribution < -0.4 is 15.3 Å². The summed E-state index contributed by atoms with van der Waals surface area (Å²) in [5, 5.41) is 11.3. The molecule has 5 aromatic rings. The van der Waals surface area contributed by atoms with Crippen LogP contribution in [0.25, 0.3) is 34.9 Å². The average Bonchev–Trinajstić information content (AvgIpc) is 3.18. The molecule has 0 atom stereocenters. The number of fused-ring (bicyclic) bond motifs is 3. The van der Waals surface area contributed by atoms with E-state index in [0.717, 1.165) is 73.2 Å². The van der Waals surface area contributed by atoms with Gasteiger partial charge in [-0.3, -0.25) is 10.4 Å². The minimum Gasteiger partial charge on any atom is -0.307 e. The van der Waals surface area contributed by atoms with Crippen molar-refractivity contribution in [2.24, 2.45) is 4.99 Å². The molecule has 5 aromatic carbocycles. The third kappa shape index (κ3) is 7.49. The fourth-order valence-corrected chi connectivity index (χ4v) is 7.21. The van der Waals surface area contributed by atoms with E-state index in [9.17, 15) is 5.41 Å². The topological polar surface area (TPSA) is 39.5 Å². The summed E-state index contributed by atoms with van der Waals surface area (Å²) in [7, 11) is 0. The number of aryl methyl sites for hydroxylation is 1. The second kappa shape index (κ2) is 16.0. The SMILES string of the molecule is C=C(Cc1ccccc1-c1cc(-c2ccc3c(c2)C/C=C\C=c2\cccc(c2=C)N3C2=CC=C/C(=C/C=C\C)C2=N)ccc1C)N=C(C)c1ccccc1. The van der Waals surface area contributed by atoms with E-state index in [2.05, 4.69) is 134 Å². The summed E-state index contributed by atoms with van der Waals surface area (Å²) >= 11 is 0. The Hall–Kier alpha value is -6.58. The number of allylic oxidation sites excluding steroid dienone is 10. The first-order valence-electron chi connectivity index (χ1n) is 18.5. The summed E-state index contributed by atoms with van der Waals surface area (Å²) in [6.45, 7) is 15.1. The van der Waals surface area contributed by atoms with Crippen LogP contribution in [0, 0.1) is 12.3 Å². The highest BCUT2D eigenvalue weighted by molar-refractivity contribution is 6.16. The van der Waals surface area contributed by atoms with Crippen LogP contribution in [0.4, 0.5) is 11.4 Å². The van der Waals surface area contributed by atoms with E-state index in [-0.39, 0.29) is 0 Å². The number of nitrogens with one attached hydrogen (secondary N) is 1. The molecule has 0 radical (unpaired) electrons. The third-order valence-electron chi connectivity index (χ3n) is 10.1. The van der Waals surface area contributed by atoms with E-state index in [1.807, 2.05) is 68.5 Å². The molecule has 1 aliphatic carbocycles. The normalized spacial score (nSPS) is 16.1. The number of benzene rings is 5. The zero-order chi connectivity index (χ0) is 37.6. The molecule has 0 saturated heterocycles. The number of anilines is 2. The Bertz CT molecular complexity index is 2570. The lowest BCUT2D eigenvalue weighted by Gasteiger charge is -2.32. The van der Waals surface area contributed by atoms with Crippen molar-refractivity contribution < 1.29 is 0 Å². The van der Waals surface area contributed by atoms with Gasteiger partial charge in [0.15, 0.2) is 0 Å². The Kier molecular flexibility index (Phi) is 10.6. The average molecular weight is 700 g/mol. The van der Waals surface area contributed by atoms with Gasteiger partial charge < -0.3 is 4.90 Å². The second-order valence-corrected chi connectivity index (χ2v) is 13.7. The fourth-order valence-electron chi connectivity index (χ4n) is 7.21. The Morgan fingerprint density at radius 2 is 1.61 bits per heavy atom. The molecular weight excluding hydrogens is 655 g/mol. The Balaban J connectivity index is 1.29. The maximum absolute atomic E-state index is 9.34. The lowest BCUT2D eigenvalue weighted by molar-refractivity contribution is 1.12. The van der Waals surface area contributed by atoms with Crippen molar-refractivity contribution in [1.29, 1.82) is 5.41 Å². The minimum atomic E-state index is 0.470. The van der Waals surface area contributed by atoms with Crippen LogP contribution in [-0.2, 0) is 12.8 Å². The molecule has 1 N–H and O–H groups in total. The van der Waals surface area contributed by atoms with Crippen molar-refractivity contribution in [3.8, 4) is 22.3 Å². The van der Waals surface area contributed by atoms with E-state index >= 15 is 0 Å². The van der Waals surface area contributed by atoms with E-state index < -0.39 is 0 Å². The van der Waals surface area contributed by atoms with Crippen LogP contribution in [0.3, 0.4) is 0 Å². The lowest BCUT2D eigenvalue weighted by Crippen LogP contribution is -2.34. The van der Waals surface area contributed by atoms with Crippen LogP contribution >= 0.6 is 0 Å². The predicted molar refractivity (Wildman–Crippen MR) is 232 cm³/mol. The van der Waals surface area contributed by atoms with Crippen LogP contribution in [-0.4, -0.2) is 11.4 Å². The molecule has 54 heavy (non-hydrogen) atoms. The Morgan fingerprint density at radius 3 is 2.44 bits per heavy atom. The molecule has 7 rings (SSSR count). The quantitative estimate of drug-likeness (QED) is 0.161. The second-order valence-electron chi connectivity index (χ2n) is 13.7. The van der Waals surface area contributed by atoms with Crippen molar-refractivity contribution in [2.75, 3.05) is 4.90 Å². The molecule has 2 bridgehead atoms. The molecule has 3 nitrogen and oxygen atoms in total. The largest absolute Gasteiger partial charge is 0.307 e. The van der Waals surface area contributed by atoms with Gasteiger partial charge >= 0.3 is 0 Å². The van der Waals surface area contributed by atoms with E-state index in [4.69, 9.17) is 4.99 Å². The fraction of sp³-hybridized carbons (Fsp3) is 0.0980. The highest BCUT2D eigenvalue weighted by Crippen LogP contribution is 2.38. The van der Waals surface area contributed by atoms with Gasteiger partial charge in [0.1, 0.15) is 0 Å². The van der Waals surface area contributed by atoms with Gasteiger partial charge in [-0.25, -0.2) is 0 Å². The molecule has 0 amide bonds. The first kappa shape index (κ1) is 35.8. The highest BCUT2D eigenvalue weighted by Gasteiger charge is 2.25. The van der Waals surface area contributed by atoms with Crippen molar-refractivity contribution >= 4 is 35.5 Å². The van der Waals surface area contributed by atoms with Gasteiger partial charge in [-0.1, -0.05) is 147 Å². The van der Waals surface area contributed by atoms with Gasteiger partial charge in [-0.15, -0.1) is 0 Å². The van der Waals surface area contributed by atoms with Crippen LogP contribution in [0.2, 0.25) is 0 Å². The van der Waals surface area contributed by atoms with E-state index in [1.54, 1.807) is 0 Å². The third-order valence-corrected chi connectivity index (χ3v) is 10.1. The van der Waals surface area contributed by atoms with Crippen LogP contribution in [0.1, 0.15) is 36.1 Å². The summed E-state index contributed by atoms with van der Waals surface area (Å²) in [4.78, 5) is 7.11. The van der Waals surface area contributed by atoms with Gasteiger partial charge in [0.25, 0.3) is 0 Å². The first-order chi connectivity index (χ1) is 26.3. The van der Waals surface area contributed by atoms with Crippen molar-refractivity contribution in [2.45, 2.75) is 33.6 Å². The molecule has 264 valence electrons. The molecule has 0 saturated carbocycles. The molecule has 0 aromatic heterocycles. The summed E-state index contributed by atoms with van der Waals surface area (Å²) in [6, 6.07) is 38.6. The van der Waals surface area contributed by atoms with Gasteiger partial charge in [0.2, 0.25) is 0 Å². The summed E-state index contributed by atoms with van der Waals surface area (Å²) in [5.41, 5.74) is 15.3. The summed E-state index contributed by atoms with van der Waals surface area (Å²) < 4.78 is 0. The summed E-state index contributed by atoms with van der Waals surface area (Å²) in [6.07, 6.45) is 19.9. The lowest BCUT2D eigenvalue weighted by atomic mass is 9.90. The van der Waals surface area contributed by atoms with Crippen molar-refractivity contribution in [3.05, 3.63) is 214 Å². The zero-order valence-electron chi connectivity index (χ0n) is 31.3. The monoisotopic (exact) mass is 699 g/mol. The Morgan fingerprint density at radius 1 is 0.833 bits per heavy atom. The van der Waals surface area contributed by atoms with E-state index in [0.29, 0.717) is 12.1 Å². The molecule has 0 spiro atoms. The maximum atomic E-state index is 9.34. The number of rotatable bonds is 8. The van der Waals surface area contributed by atoms with Gasteiger partial charge in [0, 0.05) is 29.1 Å². The standard InChI is InChI=1S/C51H45N3/c1-6-7-17-41-24-16-27-50(51(41)52)54-48-26-15-23-39(37(48)4)18-11-12-22-45-33-42(30-31-49(45)54)43-29-28-35(2)47(34-43)46-25-14-13-21-44(46)32-36(3)53-38(5)40-19-9-8-10-20-40/h6-21,23-31,33-34,52H,3-4,22,32H2,1-2,5H3/b7-6-,12-11-,39-18-,41-17-,52-51?,53-38?. The van der Waals surface area contributed by atoms with Crippen LogP contribution in [0.5, 0.6) is 0 Å². The van der Waals surface area contributed by atoms with Gasteiger partial charge in [-0.2, -0.15) is 0 Å². The Labute approximate surface area is 319 Å². The molecule has 0 fully saturated rings. The zero-order valence-corrected chi connectivity index (χ0v) is 31.3. The maximum Gasteiger partial charge on any atom is 0.0852 e. The number of hydrogen-bond donors (Lipinski definition) is 1. The smallest absolute Gasteiger partial charge is 0.0852 e. The van der Waals surface area contributed by atoms with Gasteiger partial charge in [0.05, 0.1) is 17.1 Å². The number of hydrogen-bond acceptors (Lipinski definition) is 3. The number of aliphatic imine (C=N–C) groups is 1. The summed E-state index contributed by atoms with van der Waals surface area (Å²) in [5.74, 6) is 0. The van der Waals surface area contributed by atoms with Crippen molar-refractivity contribution in [3.63, 3.8) is 0 Å². The molecule has 2 aliphatic rings. The van der Waals surface area contributed by atoms with Crippen molar-refractivity contribution in [1.82, 2.24) is 0 Å². The minimum absolute atomic E-state index is 0.470. The van der Waals surface area contributed by atoms with Gasteiger partial charge in [-0.05, 0) is 112 Å². The predicted octanol–water partition coefficient (Wildman–Crippen LogP) is 11.3. The number of nitrogens with zero attached hydrogens (tertiary/aromatic N) is 2. The highest BCUT2D eigenvalue weighted by atomic mass is 15.2.